The summed E-state index contributed by atoms with van der Waals surface area (Å²) in [5.74, 6) is -0.778. The van der Waals surface area contributed by atoms with Crippen LogP contribution in [0.4, 0.5) is 4.39 Å². The lowest BCUT2D eigenvalue weighted by Crippen LogP contribution is -2.03. The Morgan fingerprint density at radius 1 is 1.22 bits per heavy atom. The number of pyridine rings is 1. The Kier molecular flexibility index (Phi) is 4.45. The van der Waals surface area contributed by atoms with Gasteiger partial charge >= 0.3 is 5.97 Å². The van der Waals surface area contributed by atoms with Crippen LogP contribution in [0.15, 0.2) is 48.7 Å². The lowest BCUT2D eigenvalue weighted by Gasteiger charge is -2.02. The number of halogens is 1. The van der Waals surface area contributed by atoms with Crippen LogP contribution in [0.5, 0.6) is 0 Å². The third kappa shape index (κ3) is 3.10. The fourth-order valence-corrected chi connectivity index (χ4v) is 4.03. The molecule has 0 spiro atoms. The molecule has 1 aromatic carbocycles. The summed E-state index contributed by atoms with van der Waals surface area (Å²) >= 11 is 1.26. The van der Waals surface area contributed by atoms with E-state index in [9.17, 15) is 9.18 Å². The second-order valence-electron chi connectivity index (χ2n) is 5.91. The van der Waals surface area contributed by atoms with Crippen molar-refractivity contribution in [3.05, 3.63) is 65.0 Å². The second kappa shape index (κ2) is 6.92. The molecule has 3 heterocycles. The van der Waals surface area contributed by atoms with Crippen molar-refractivity contribution in [3.63, 3.8) is 0 Å². The first-order valence-electron chi connectivity index (χ1n) is 8.46. The molecule has 0 aliphatic heterocycles. The Hall–Kier alpha value is -3.06. The maximum atomic E-state index is 13.3. The van der Waals surface area contributed by atoms with Gasteiger partial charge in [0.25, 0.3) is 0 Å². The van der Waals surface area contributed by atoms with Crippen LogP contribution in [-0.2, 0) is 4.74 Å². The van der Waals surface area contributed by atoms with Crippen LogP contribution >= 0.6 is 11.3 Å². The number of benzene rings is 1. The number of rotatable bonds is 4. The Bertz CT molecular complexity index is 1130. The fraction of sp³-hybridized carbons (Fsp3) is 0.150. The first-order chi connectivity index (χ1) is 13.1. The predicted octanol–water partition coefficient (Wildman–Crippen LogP) is 4.75. The molecule has 0 saturated heterocycles. The molecule has 0 saturated carbocycles. The van der Waals surface area contributed by atoms with E-state index in [1.807, 2.05) is 31.3 Å². The normalized spacial score (nSPS) is 11.1. The molecular weight excluding hydrogens is 365 g/mol. The molecule has 4 aromatic rings. The molecule has 5 nitrogen and oxygen atoms in total. The number of thiazole rings is 1. The highest BCUT2D eigenvalue weighted by Gasteiger charge is 2.24. The molecule has 0 fully saturated rings. The van der Waals surface area contributed by atoms with Crippen molar-refractivity contribution in [2.75, 3.05) is 6.61 Å². The maximum Gasteiger partial charge on any atom is 0.350 e. The number of nitrogens with zero attached hydrogens (tertiary/aromatic N) is 3. The van der Waals surface area contributed by atoms with Crippen molar-refractivity contribution < 1.29 is 13.9 Å². The van der Waals surface area contributed by atoms with E-state index in [1.54, 1.807) is 23.6 Å². The smallest absolute Gasteiger partial charge is 0.350 e. The average Bonchev–Trinajstić information content (AvgIpc) is 3.23. The van der Waals surface area contributed by atoms with Gasteiger partial charge in [0.2, 0.25) is 0 Å². The lowest BCUT2D eigenvalue weighted by atomic mass is 10.1. The van der Waals surface area contributed by atoms with Gasteiger partial charge in [-0.2, -0.15) is 5.10 Å². The first kappa shape index (κ1) is 17.4. The van der Waals surface area contributed by atoms with Crippen molar-refractivity contribution in [2.45, 2.75) is 13.8 Å². The van der Waals surface area contributed by atoms with Gasteiger partial charge < -0.3 is 4.74 Å². The van der Waals surface area contributed by atoms with Crippen molar-refractivity contribution in [2.24, 2.45) is 0 Å². The van der Waals surface area contributed by atoms with Gasteiger partial charge in [-0.3, -0.25) is 0 Å². The average molecular weight is 381 g/mol. The quantitative estimate of drug-likeness (QED) is 0.479. The summed E-state index contributed by atoms with van der Waals surface area (Å²) in [6, 6.07) is 11.7. The zero-order valence-electron chi connectivity index (χ0n) is 14.8. The van der Waals surface area contributed by atoms with E-state index in [0.29, 0.717) is 21.1 Å². The summed E-state index contributed by atoms with van der Waals surface area (Å²) in [7, 11) is 0. The number of carbonyl (C=O) groups excluding carboxylic acids is 1. The number of aryl methyl sites for hydroxylation is 1. The molecule has 0 N–H and O–H groups in total. The summed E-state index contributed by atoms with van der Waals surface area (Å²) in [4.78, 5) is 17.6. The number of hydrogen-bond donors (Lipinski definition) is 0. The van der Waals surface area contributed by atoms with Gasteiger partial charge in [0.15, 0.2) is 0 Å². The van der Waals surface area contributed by atoms with Crippen LogP contribution in [0, 0.1) is 12.7 Å². The van der Waals surface area contributed by atoms with E-state index < -0.39 is 5.97 Å². The zero-order valence-corrected chi connectivity index (χ0v) is 15.6. The van der Waals surface area contributed by atoms with Gasteiger partial charge in [-0.05, 0) is 50.2 Å². The number of ether oxygens (including phenoxy) is 1. The fourth-order valence-electron chi connectivity index (χ4n) is 2.95. The highest BCUT2D eigenvalue weighted by molar-refractivity contribution is 7.17. The minimum atomic E-state index is -0.435. The summed E-state index contributed by atoms with van der Waals surface area (Å²) in [5.41, 5.74) is 3.75. The number of carbonyl (C=O) groups is 1. The second-order valence-corrected chi connectivity index (χ2v) is 6.91. The van der Waals surface area contributed by atoms with Crippen LogP contribution in [0.25, 0.3) is 27.3 Å². The molecule has 136 valence electrons. The van der Waals surface area contributed by atoms with Gasteiger partial charge in [0.1, 0.15) is 15.7 Å². The van der Waals surface area contributed by atoms with E-state index in [0.717, 1.165) is 16.8 Å². The molecule has 0 aliphatic carbocycles. The summed E-state index contributed by atoms with van der Waals surface area (Å²) in [6.45, 7) is 3.93. The molecule has 0 bridgehead atoms. The third-order valence-corrected chi connectivity index (χ3v) is 5.19. The lowest BCUT2D eigenvalue weighted by molar-refractivity contribution is 0.0532. The highest BCUT2D eigenvalue weighted by Crippen LogP contribution is 2.37. The van der Waals surface area contributed by atoms with Crippen molar-refractivity contribution in [1.82, 2.24) is 14.6 Å². The highest BCUT2D eigenvalue weighted by atomic mass is 32.1. The summed E-state index contributed by atoms with van der Waals surface area (Å²) in [6.07, 6.45) is 1.87. The largest absolute Gasteiger partial charge is 0.462 e. The standard InChI is InChI=1S/C20H16FN3O2S/c1-3-26-20(25)18-17(13-7-9-14(21)10-8-13)22-19(27-18)16-12(2)23-24-11-5-4-6-15(16)24/h4-11H,3H2,1-2H3. The Morgan fingerprint density at radius 3 is 2.74 bits per heavy atom. The van der Waals surface area contributed by atoms with Gasteiger partial charge in [-0.25, -0.2) is 18.7 Å². The maximum absolute atomic E-state index is 13.3. The molecule has 7 heteroatoms. The molecule has 0 atom stereocenters. The molecule has 3 aromatic heterocycles. The third-order valence-electron chi connectivity index (χ3n) is 4.13. The molecule has 0 unspecified atom stereocenters. The number of aromatic nitrogens is 3. The van der Waals surface area contributed by atoms with E-state index in [-0.39, 0.29) is 12.4 Å². The van der Waals surface area contributed by atoms with Crippen molar-refractivity contribution in [3.8, 4) is 21.8 Å². The summed E-state index contributed by atoms with van der Waals surface area (Å²) in [5, 5.41) is 5.19. The molecule has 0 amide bonds. The SMILES string of the molecule is CCOC(=O)c1sc(-c2c(C)nn3ccccc23)nc1-c1ccc(F)cc1. The minimum Gasteiger partial charge on any atom is -0.462 e. The van der Waals surface area contributed by atoms with Gasteiger partial charge in [-0.15, -0.1) is 11.3 Å². The molecule has 0 radical (unpaired) electrons. The molecule has 0 aliphatic rings. The van der Waals surface area contributed by atoms with Crippen LogP contribution in [-0.4, -0.2) is 27.2 Å². The van der Waals surface area contributed by atoms with Crippen LogP contribution in [0.1, 0.15) is 22.3 Å². The Morgan fingerprint density at radius 2 is 2.00 bits per heavy atom. The predicted molar refractivity (Wildman–Crippen MR) is 102 cm³/mol. The van der Waals surface area contributed by atoms with Gasteiger partial charge in [-0.1, -0.05) is 6.07 Å². The molecular formula is C20H16FN3O2S. The van der Waals surface area contributed by atoms with Gasteiger partial charge in [0, 0.05) is 11.8 Å². The van der Waals surface area contributed by atoms with E-state index in [2.05, 4.69) is 5.10 Å². The van der Waals surface area contributed by atoms with E-state index in [1.165, 1.54) is 23.5 Å². The number of esters is 1. The van der Waals surface area contributed by atoms with E-state index in [4.69, 9.17) is 9.72 Å². The van der Waals surface area contributed by atoms with Crippen LogP contribution < -0.4 is 0 Å². The summed E-state index contributed by atoms with van der Waals surface area (Å²) < 4.78 is 20.3. The van der Waals surface area contributed by atoms with Gasteiger partial charge in [0.05, 0.1) is 29.1 Å². The number of fused-ring (bicyclic) bond motifs is 1. The van der Waals surface area contributed by atoms with Crippen molar-refractivity contribution >= 4 is 22.8 Å². The topological polar surface area (TPSA) is 56.5 Å². The molecule has 4 rings (SSSR count). The zero-order chi connectivity index (χ0) is 19.0. The number of hydrogen-bond acceptors (Lipinski definition) is 5. The van der Waals surface area contributed by atoms with E-state index >= 15 is 0 Å². The Balaban J connectivity index is 1.92. The molecule has 27 heavy (non-hydrogen) atoms. The minimum absolute atomic E-state index is 0.269. The monoisotopic (exact) mass is 381 g/mol. The first-order valence-corrected chi connectivity index (χ1v) is 9.28. The van der Waals surface area contributed by atoms with Crippen LogP contribution in [0.2, 0.25) is 0 Å². The van der Waals surface area contributed by atoms with Crippen molar-refractivity contribution in [1.29, 1.82) is 0 Å². The Labute approximate surface area is 159 Å². The van der Waals surface area contributed by atoms with Crippen LogP contribution in [0.3, 0.4) is 0 Å².